The van der Waals surface area contributed by atoms with Crippen molar-refractivity contribution in [3.63, 3.8) is 0 Å². The Labute approximate surface area is 71.4 Å². The van der Waals surface area contributed by atoms with Gasteiger partial charge in [-0.15, -0.1) is 0 Å². The summed E-state index contributed by atoms with van der Waals surface area (Å²) in [5, 5.41) is 0. The molecule has 1 aromatic heterocycles. The summed E-state index contributed by atoms with van der Waals surface area (Å²) in [7, 11) is 0. The first kappa shape index (κ1) is 9.06. The van der Waals surface area contributed by atoms with Gasteiger partial charge in [0, 0.05) is 24.5 Å². The second-order valence-corrected chi connectivity index (χ2v) is 2.79. The molecule has 0 aliphatic rings. The van der Waals surface area contributed by atoms with Crippen molar-refractivity contribution < 1.29 is 0 Å². The minimum atomic E-state index is -0.0465. The lowest BCUT2D eigenvalue weighted by atomic mass is 10.3. The van der Waals surface area contributed by atoms with Crippen LogP contribution >= 0.6 is 0 Å². The maximum atomic E-state index is 11.3. The summed E-state index contributed by atoms with van der Waals surface area (Å²) in [5.74, 6) is 0. The zero-order valence-corrected chi connectivity index (χ0v) is 7.55. The van der Waals surface area contributed by atoms with Crippen LogP contribution in [0, 0.1) is 6.92 Å². The Morgan fingerprint density at radius 2 is 2.25 bits per heavy atom. The van der Waals surface area contributed by atoms with Crippen molar-refractivity contribution in [2.75, 3.05) is 6.54 Å². The molecule has 0 saturated carbocycles. The lowest BCUT2D eigenvalue weighted by Crippen LogP contribution is -2.22. The van der Waals surface area contributed by atoms with Crippen LogP contribution in [0.15, 0.2) is 4.79 Å². The van der Waals surface area contributed by atoms with E-state index < -0.39 is 0 Å². The molecule has 68 valence electrons. The summed E-state index contributed by atoms with van der Waals surface area (Å²) < 4.78 is 1.68. The first-order chi connectivity index (χ1) is 5.70. The van der Waals surface area contributed by atoms with E-state index >= 15 is 0 Å². The van der Waals surface area contributed by atoms with Gasteiger partial charge in [0.05, 0.1) is 0 Å². The molecule has 0 unspecified atom stereocenters. The van der Waals surface area contributed by atoms with Gasteiger partial charge < -0.3 is 10.7 Å². The van der Waals surface area contributed by atoms with Crippen LogP contribution in [-0.2, 0) is 13.0 Å². The molecule has 12 heavy (non-hydrogen) atoms. The average Bonchev–Trinajstić information content (AvgIpc) is 2.32. The molecule has 0 aromatic carbocycles. The number of imidazole rings is 1. The first-order valence-electron chi connectivity index (χ1n) is 4.19. The van der Waals surface area contributed by atoms with E-state index in [9.17, 15) is 4.79 Å². The number of nitrogens with one attached hydrogen (secondary N) is 1. The van der Waals surface area contributed by atoms with Crippen molar-refractivity contribution in [2.45, 2.75) is 26.8 Å². The van der Waals surface area contributed by atoms with Crippen LogP contribution in [0.2, 0.25) is 0 Å². The summed E-state index contributed by atoms with van der Waals surface area (Å²) in [6.07, 6.45) is 0.860. The molecule has 4 nitrogen and oxygen atoms in total. The highest BCUT2D eigenvalue weighted by molar-refractivity contribution is 5.10. The molecular formula is C8H15N3O. The number of aromatic amines is 1. The van der Waals surface area contributed by atoms with E-state index in [2.05, 4.69) is 4.98 Å². The molecule has 0 aliphatic carbocycles. The van der Waals surface area contributed by atoms with E-state index in [1.807, 2.05) is 13.8 Å². The number of nitrogens with zero attached hydrogens (tertiary/aromatic N) is 1. The van der Waals surface area contributed by atoms with Crippen molar-refractivity contribution in [3.05, 3.63) is 21.9 Å². The third kappa shape index (κ3) is 1.43. The Morgan fingerprint density at radius 1 is 1.58 bits per heavy atom. The minimum Gasteiger partial charge on any atom is -0.329 e. The topological polar surface area (TPSA) is 63.8 Å². The number of hydrogen-bond donors (Lipinski definition) is 2. The van der Waals surface area contributed by atoms with Crippen LogP contribution in [0.5, 0.6) is 0 Å². The normalized spacial score (nSPS) is 10.6. The molecular weight excluding hydrogens is 154 g/mol. The van der Waals surface area contributed by atoms with Gasteiger partial charge in [-0.1, -0.05) is 6.92 Å². The van der Waals surface area contributed by atoms with Crippen LogP contribution < -0.4 is 11.4 Å². The summed E-state index contributed by atoms with van der Waals surface area (Å²) in [6, 6.07) is 0. The number of aryl methyl sites for hydroxylation is 1. The first-order valence-corrected chi connectivity index (χ1v) is 4.19. The Bertz CT molecular complexity index is 311. The summed E-state index contributed by atoms with van der Waals surface area (Å²) in [5.41, 5.74) is 7.34. The van der Waals surface area contributed by atoms with Gasteiger partial charge in [-0.25, -0.2) is 4.79 Å². The molecule has 0 radical (unpaired) electrons. The van der Waals surface area contributed by atoms with Gasteiger partial charge in [0.25, 0.3) is 0 Å². The molecule has 0 saturated heterocycles. The van der Waals surface area contributed by atoms with E-state index in [-0.39, 0.29) is 5.69 Å². The number of rotatable bonds is 3. The predicted octanol–water partition coefficient (Wildman–Crippen LogP) is 0.00592. The maximum absolute atomic E-state index is 11.3. The molecule has 1 heterocycles. The predicted molar refractivity (Wildman–Crippen MR) is 48.2 cm³/mol. The molecule has 0 spiro atoms. The van der Waals surface area contributed by atoms with Crippen molar-refractivity contribution in [1.29, 1.82) is 0 Å². The van der Waals surface area contributed by atoms with Gasteiger partial charge in [-0.3, -0.25) is 4.57 Å². The zero-order chi connectivity index (χ0) is 9.14. The van der Waals surface area contributed by atoms with E-state index in [4.69, 9.17) is 5.73 Å². The van der Waals surface area contributed by atoms with E-state index in [1.165, 1.54) is 0 Å². The minimum absolute atomic E-state index is 0.0465. The van der Waals surface area contributed by atoms with Crippen molar-refractivity contribution in [2.24, 2.45) is 5.73 Å². The largest absolute Gasteiger partial charge is 0.329 e. The third-order valence-electron chi connectivity index (χ3n) is 2.05. The molecule has 3 N–H and O–H groups in total. The molecule has 0 fully saturated rings. The Kier molecular flexibility index (Phi) is 2.70. The monoisotopic (exact) mass is 169 g/mol. The van der Waals surface area contributed by atoms with Gasteiger partial charge in [0.2, 0.25) is 0 Å². The number of hydrogen-bond acceptors (Lipinski definition) is 2. The number of aromatic nitrogens is 2. The van der Waals surface area contributed by atoms with Gasteiger partial charge in [0.1, 0.15) is 0 Å². The zero-order valence-electron chi connectivity index (χ0n) is 7.55. The SMILES string of the molecule is CCc1[nH]c(=O)n(CCN)c1C. The smallest absolute Gasteiger partial charge is 0.325 e. The quantitative estimate of drug-likeness (QED) is 0.669. The Morgan fingerprint density at radius 3 is 2.67 bits per heavy atom. The highest BCUT2D eigenvalue weighted by Crippen LogP contribution is 2.01. The van der Waals surface area contributed by atoms with Crippen molar-refractivity contribution in [3.8, 4) is 0 Å². The van der Waals surface area contributed by atoms with E-state index in [0.29, 0.717) is 13.1 Å². The second kappa shape index (κ2) is 3.58. The Balaban J connectivity index is 3.10. The maximum Gasteiger partial charge on any atom is 0.325 e. The molecule has 0 atom stereocenters. The summed E-state index contributed by atoms with van der Waals surface area (Å²) >= 11 is 0. The number of H-pyrrole nitrogens is 1. The standard InChI is InChI=1S/C8H15N3O/c1-3-7-6(2)11(5-4-9)8(12)10-7/h3-5,9H2,1-2H3,(H,10,12). The molecule has 4 heteroatoms. The van der Waals surface area contributed by atoms with Crippen LogP contribution in [0.3, 0.4) is 0 Å². The summed E-state index contributed by atoms with van der Waals surface area (Å²) in [6.45, 7) is 5.06. The summed E-state index contributed by atoms with van der Waals surface area (Å²) in [4.78, 5) is 14.1. The van der Waals surface area contributed by atoms with E-state index in [1.54, 1.807) is 4.57 Å². The fourth-order valence-corrected chi connectivity index (χ4v) is 1.34. The molecule has 0 bridgehead atoms. The van der Waals surface area contributed by atoms with Crippen molar-refractivity contribution >= 4 is 0 Å². The van der Waals surface area contributed by atoms with Gasteiger partial charge >= 0.3 is 5.69 Å². The number of nitrogens with two attached hydrogens (primary N) is 1. The fourth-order valence-electron chi connectivity index (χ4n) is 1.34. The van der Waals surface area contributed by atoms with Crippen LogP contribution in [0.4, 0.5) is 0 Å². The highest BCUT2D eigenvalue weighted by atomic mass is 16.1. The van der Waals surface area contributed by atoms with Gasteiger partial charge in [-0.2, -0.15) is 0 Å². The third-order valence-corrected chi connectivity index (χ3v) is 2.05. The molecule has 0 aliphatic heterocycles. The highest BCUT2D eigenvalue weighted by Gasteiger charge is 2.06. The lowest BCUT2D eigenvalue weighted by molar-refractivity contribution is 0.665. The second-order valence-electron chi connectivity index (χ2n) is 2.79. The van der Waals surface area contributed by atoms with Crippen LogP contribution in [0.1, 0.15) is 18.3 Å². The molecule has 0 amide bonds. The van der Waals surface area contributed by atoms with Crippen LogP contribution in [-0.4, -0.2) is 16.1 Å². The fraction of sp³-hybridized carbons (Fsp3) is 0.625. The van der Waals surface area contributed by atoms with Gasteiger partial charge in [-0.05, 0) is 13.3 Å². The van der Waals surface area contributed by atoms with E-state index in [0.717, 1.165) is 17.8 Å². The molecule has 1 rings (SSSR count). The Hall–Kier alpha value is -1.03. The lowest BCUT2D eigenvalue weighted by Gasteiger charge is -2.00. The van der Waals surface area contributed by atoms with Gasteiger partial charge in [0.15, 0.2) is 0 Å². The average molecular weight is 169 g/mol. The van der Waals surface area contributed by atoms with Crippen molar-refractivity contribution in [1.82, 2.24) is 9.55 Å². The van der Waals surface area contributed by atoms with Crippen LogP contribution in [0.25, 0.3) is 0 Å². The molecule has 1 aromatic rings.